The normalized spacial score (nSPS) is 15.2. The molecule has 3 aromatic rings. The fourth-order valence-electron chi connectivity index (χ4n) is 4.98. The smallest absolute Gasteiger partial charge is 0.420 e. The molecule has 2 heterocycles. The molecule has 196 valence electrons. The van der Waals surface area contributed by atoms with Gasteiger partial charge in [0.2, 0.25) is 0 Å². The van der Waals surface area contributed by atoms with E-state index in [-0.39, 0.29) is 19.1 Å². The summed E-state index contributed by atoms with van der Waals surface area (Å²) in [7, 11) is 0. The van der Waals surface area contributed by atoms with Gasteiger partial charge in [-0.05, 0) is 80.0 Å². The van der Waals surface area contributed by atoms with Crippen LogP contribution in [0, 0.1) is 6.92 Å². The van der Waals surface area contributed by atoms with Crippen LogP contribution >= 0.6 is 38.5 Å². The maximum atomic E-state index is 13.6. The topological polar surface area (TPSA) is 60.8 Å². The van der Waals surface area contributed by atoms with Gasteiger partial charge in [0.15, 0.2) is 0 Å². The molecule has 0 spiro atoms. The van der Waals surface area contributed by atoms with E-state index in [0.29, 0.717) is 17.8 Å². The second kappa shape index (κ2) is 12.0. The number of fused-ring (bicyclic) bond motifs is 3. The highest BCUT2D eigenvalue weighted by Crippen LogP contribution is 2.53. The molecule has 1 aromatic heterocycles. The molecular formula is C29H32BrIN2O4. The molecule has 0 saturated carbocycles. The van der Waals surface area contributed by atoms with Crippen LogP contribution in [0.5, 0.6) is 0 Å². The van der Waals surface area contributed by atoms with Gasteiger partial charge in [0.25, 0.3) is 0 Å². The first-order chi connectivity index (χ1) is 17.8. The van der Waals surface area contributed by atoms with Crippen LogP contribution in [0.25, 0.3) is 10.9 Å². The molecule has 0 radical (unpaired) electrons. The molecule has 6 nitrogen and oxygen atoms in total. The number of ether oxygens (including phenoxy) is 2. The van der Waals surface area contributed by atoms with Crippen molar-refractivity contribution in [1.29, 1.82) is 0 Å². The van der Waals surface area contributed by atoms with Crippen LogP contribution in [0.1, 0.15) is 69.1 Å². The molecule has 1 aliphatic heterocycles. The molecule has 1 unspecified atom stereocenters. The van der Waals surface area contributed by atoms with Crippen LogP contribution in [0.15, 0.2) is 56.2 Å². The van der Waals surface area contributed by atoms with E-state index in [0.717, 1.165) is 55.1 Å². The number of aromatic nitrogens is 1. The summed E-state index contributed by atoms with van der Waals surface area (Å²) in [6.07, 6.45) is 2.71. The average molecular weight is 679 g/mol. The SMILES string of the molecule is CCCCCC1=C(I)C(c2ccccc2Br)c2c(n(C(=O)OCC)c3ccc(C)cc23)N1C(=O)OCC. The van der Waals surface area contributed by atoms with E-state index in [4.69, 9.17) is 9.47 Å². The number of allylic oxidation sites excluding steroid dienone is 2. The van der Waals surface area contributed by atoms with E-state index in [9.17, 15) is 9.59 Å². The number of amides is 1. The van der Waals surface area contributed by atoms with E-state index < -0.39 is 12.2 Å². The van der Waals surface area contributed by atoms with Gasteiger partial charge >= 0.3 is 12.2 Å². The first-order valence-corrected chi connectivity index (χ1v) is 14.6. The third-order valence-corrected chi connectivity index (χ3v) is 8.54. The lowest BCUT2D eigenvalue weighted by molar-refractivity contribution is 0.154. The molecule has 2 aromatic carbocycles. The second-order valence-electron chi connectivity index (χ2n) is 9.03. The van der Waals surface area contributed by atoms with Crippen molar-refractivity contribution in [2.45, 2.75) is 59.3 Å². The Balaban J connectivity index is 2.14. The second-order valence-corrected chi connectivity index (χ2v) is 11.0. The largest absolute Gasteiger partial charge is 0.449 e. The minimum atomic E-state index is -0.511. The van der Waals surface area contributed by atoms with Crippen LogP contribution in [0.4, 0.5) is 15.4 Å². The van der Waals surface area contributed by atoms with Crippen molar-refractivity contribution in [2.75, 3.05) is 18.1 Å². The summed E-state index contributed by atoms with van der Waals surface area (Å²) in [5.74, 6) is 0.332. The molecule has 4 rings (SSSR count). The molecular weight excluding hydrogens is 647 g/mol. The van der Waals surface area contributed by atoms with E-state index >= 15 is 0 Å². The number of hydrogen-bond acceptors (Lipinski definition) is 4. The number of unbranched alkanes of at least 4 members (excludes halogenated alkanes) is 2. The highest BCUT2D eigenvalue weighted by Gasteiger charge is 2.42. The molecule has 37 heavy (non-hydrogen) atoms. The number of benzene rings is 2. The lowest BCUT2D eigenvalue weighted by Gasteiger charge is -2.35. The molecule has 8 heteroatoms. The third kappa shape index (κ3) is 5.19. The summed E-state index contributed by atoms with van der Waals surface area (Å²) in [5, 5.41) is 0.917. The van der Waals surface area contributed by atoms with E-state index in [1.165, 1.54) is 0 Å². The van der Waals surface area contributed by atoms with Crippen molar-refractivity contribution >= 4 is 67.4 Å². The number of carbonyl (C=O) groups excluding carboxylic acids is 2. The standard InChI is InChI=1S/C29H32BrIN2O4/c1-5-8-9-14-23-26(31)24(19-12-10-11-13-21(19)30)25-20-17-18(4)15-16-22(20)32(28(34)36-6-2)27(25)33(23)29(35)37-7-3/h10-13,15-17,24H,5-9,14H2,1-4H3. The Morgan fingerprint density at radius 1 is 1.00 bits per heavy atom. The third-order valence-electron chi connectivity index (χ3n) is 6.57. The number of hydrogen-bond donors (Lipinski definition) is 0. The summed E-state index contributed by atoms with van der Waals surface area (Å²) >= 11 is 6.17. The maximum absolute atomic E-state index is 13.6. The Morgan fingerprint density at radius 2 is 1.70 bits per heavy atom. The first-order valence-electron chi connectivity index (χ1n) is 12.8. The minimum Gasteiger partial charge on any atom is -0.449 e. The first kappa shape index (κ1) is 27.7. The lowest BCUT2D eigenvalue weighted by Crippen LogP contribution is -2.38. The van der Waals surface area contributed by atoms with Gasteiger partial charge in [-0.3, -0.25) is 0 Å². The highest BCUT2D eigenvalue weighted by molar-refractivity contribution is 14.1. The van der Waals surface area contributed by atoms with E-state index in [1.54, 1.807) is 23.3 Å². The van der Waals surface area contributed by atoms with Gasteiger partial charge in [0, 0.05) is 30.6 Å². The van der Waals surface area contributed by atoms with Crippen molar-refractivity contribution in [3.05, 3.63) is 72.9 Å². The Bertz CT molecular complexity index is 1360. The zero-order valence-corrected chi connectivity index (χ0v) is 25.4. The minimum absolute atomic E-state index is 0.173. The molecule has 0 bridgehead atoms. The monoisotopic (exact) mass is 678 g/mol. The number of nitrogens with zero attached hydrogens (tertiary/aromatic N) is 2. The fourth-order valence-corrected chi connectivity index (χ4v) is 6.65. The van der Waals surface area contributed by atoms with Gasteiger partial charge in [0.1, 0.15) is 5.82 Å². The zero-order chi connectivity index (χ0) is 26.7. The van der Waals surface area contributed by atoms with Crippen LogP contribution in [0.3, 0.4) is 0 Å². The summed E-state index contributed by atoms with van der Waals surface area (Å²) < 4.78 is 14.7. The molecule has 1 aliphatic rings. The number of aryl methyl sites for hydroxylation is 1. The number of anilines is 1. The van der Waals surface area contributed by atoms with Crippen LogP contribution in [-0.4, -0.2) is 30.0 Å². The summed E-state index contributed by atoms with van der Waals surface area (Å²) in [6.45, 7) is 8.23. The lowest BCUT2D eigenvalue weighted by atomic mass is 9.86. The Morgan fingerprint density at radius 3 is 2.38 bits per heavy atom. The van der Waals surface area contributed by atoms with Gasteiger partial charge in [0.05, 0.1) is 18.7 Å². The summed E-state index contributed by atoms with van der Waals surface area (Å²) in [4.78, 5) is 28.7. The van der Waals surface area contributed by atoms with Gasteiger partial charge in [-0.25, -0.2) is 19.1 Å². The quantitative estimate of drug-likeness (QED) is 0.185. The summed E-state index contributed by atoms with van der Waals surface area (Å²) in [5.41, 5.74) is 4.62. The van der Waals surface area contributed by atoms with E-state index in [1.807, 2.05) is 37.3 Å². The van der Waals surface area contributed by atoms with Crippen molar-refractivity contribution in [3.8, 4) is 0 Å². The zero-order valence-electron chi connectivity index (χ0n) is 21.6. The maximum Gasteiger partial charge on any atom is 0.420 e. The van der Waals surface area contributed by atoms with Gasteiger partial charge in [-0.1, -0.05) is 65.5 Å². The number of halogens is 2. The molecule has 0 aliphatic carbocycles. The van der Waals surface area contributed by atoms with Crippen molar-refractivity contribution in [1.82, 2.24) is 4.57 Å². The van der Waals surface area contributed by atoms with Crippen molar-refractivity contribution in [2.24, 2.45) is 0 Å². The Labute approximate surface area is 240 Å². The van der Waals surface area contributed by atoms with Gasteiger partial charge < -0.3 is 9.47 Å². The molecule has 0 fully saturated rings. The molecule has 1 amide bonds. The summed E-state index contributed by atoms with van der Waals surface area (Å²) in [6, 6.07) is 14.1. The molecule has 0 N–H and O–H groups in total. The van der Waals surface area contributed by atoms with Gasteiger partial charge in [-0.15, -0.1) is 0 Å². The highest BCUT2D eigenvalue weighted by atomic mass is 127. The van der Waals surface area contributed by atoms with Crippen LogP contribution < -0.4 is 4.90 Å². The number of rotatable bonds is 7. The van der Waals surface area contributed by atoms with Crippen LogP contribution in [-0.2, 0) is 9.47 Å². The van der Waals surface area contributed by atoms with Crippen molar-refractivity contribution in [3.63, 3.8) is 0 Å². The Hall–Kier alpha value is -2.33. The fraction of sp³-hybridized carbons (Fsp3) is 0.379. The number of carbonyl (C=O) groups is 2. The predicted molar refractivity (Wildman–Crippen MR) is 160 cm³/mol. The van der Waals surface area contributed by atoms with Gasteiger partial charge in [-0.2, -0.15) is 0 Å². The van der Waals surface area contributed by atoms with Crippen LogP contribution in [0.2, 0.25) is 0 Å². The predicted octanol–water partition coefficient (Wildman–Crippen LogP) is 9.05. The average Bonchev–Trinajstić information content (AvgIpc) is 3.19. The molecule has 0 saturated heterocycles. The molecule has 1 atom stereocenters. The van der Waals surface area contributed by atoms with Crippen molar-refractivity contribution < 1.29 is 19.1 Å². The Kier molecular flexibility index (Phi) is 9.00. The van der Waals surface area contributed by atoms with E-state index in [2.05, 4.69) is 57.6 Å².